The topological polar surface area (TPSA) is 69.4 Å². The Bertz CT molecular complexity index is 916. The second-order valence-electron chi connectivity index (χ2n) is 9.22. The van der Waals surface area contributed by atoms with Crippen LogP contribution < -0.4 is 5.32 Å². The molecule has 6 heteroatoms. The third-order valence-electron chi connectivity index (χ3n) is 5.67. The van der Waals surface area contributed by atoms with Crippen molar-refractivity contribution in [2.45, 2.75) is 79.2 Å². The molecule has 1 atom stereocenters. The first-order valence-electron chi connectivity index (χ1n) is 12.4. The smallest absolute Gasteiger partial charge is 0.129 e. The van der Waals surface area contributed by atoms with Gasteiger partial charge in [0.25, 0.3) is 0 Å². The van der Waals surface area contributed by atoms with E-state index in [1.807, 2.05) is 18.0 Å². The molecule has 0 aliphatic rings. The first-order chi connectivity index (χ1) is 16.4. The van der Waals surface area contributed by atoms with E-state index in [9.17, 15) is 0 Å². The molecule has 0 saturated heterocycles. The number of imidazole rings is 2. The molecule has 0 aliphatic carbocycles. The number of allylic oxidation sites excluding steroid dienone is 7. The fraction of sp³-hybridized carbons (Fsp3) is 0.500. The molecular weight excluding hydrogens is 438 g/mol. The van der Waals surface area contributed by atoms with Crippen LogP contribution in [0.5, 0.6) is 0 Å². The van der Waals surface area contributed by atoms with Crippen LogP contribution in [0.4, 0.5) is 5.82 Å². The zero-order valence-corrected chi connectivity index (χ0v) is 22.5. The Labute approximate surface area is 210 Å². The summed E-state index contributed by atoms with van der Waals surface area (Å²) in [5.74, 6) is 3.79. The summed E-state index contributed by atoms with van der Waals surface area (Å²) in [5.41, 5.74) is 5.88. The van der Waals surface area contributed by atoms with Gasteiger partial charge >= 0.3 is 0 Å². The van der Waals surface area contributed by atoms with Crippen molar-refractivity contribution < 1.29 is 0 Å². The van der Waals surface area contributed by atoms with Gasteiger partial charge in [-0.25, -0.2) is 9.97 Å². The maximum Gasteiger partial charge on any atom is 0.129 e. The largest absolute Gasteiger partial charge is 0.360 e. The lowest BCUT2D eigenvalue weighted by Gasteiger charge is -2.16. The Morgan fingerprint density at radius 3 is 2.12 bits per heavy atom. The molecule has 0 spiro atoms. The van der Waals surface area contributed by atoms with Crippen molar-refractivity contribution in [1.29, 1.82) is 0 Å². The summed E-state index contributed by atoms with van der Waals surface area (Å²) in [7, 11) is 0. The van der Waals surface area contributed by atoms with Gasteiger partial charge in [0.05, 0.1) is 18.6 Å². The molecule has 1 unspecified atom stereocenters. The van der Waals surface area contributed by atoms with Gasteiger partial charge in [-0.1, -0.05) is 46.6 Å². The number of nitrogens with one attached hydrogen (secondary N) is 3. The Hall–Kier alpha value is -2.47. The molecule has 5 nitrogen and oxygen atoms in total. The molecule has 0 aliphatic heterocycles. The van der Waals surface area contributed by atoms with Gasteiger partial charge in [0.2, 0.25) is 0 Å². The highest BCUT2D eigenvalue weighted by atomic mass is 32.2. The molecule has 0 saturated carbocycles. The lowest BCUT2D eigenvalue weighted by atomic mass is 10.0. The van der Waals surface area contributed by atoms with Gasteiger partial charge in [-0.15, -0.1) is 0 Å². The Kier molecular flexibility index (Phi) is 13.2. The molecule has 34 heavy (non-hydrogen) atoms. The molecule has 0 aromatic carbocycles. The molecule has 0 bridgehead atoms. The molecule has 186 valence electrons. The van der Waals surface area contributed by atoms with Crippen LogP contribution in [0, 0.1) is 0 Å². The van der Waals surface area contributed by atoms with Crippen molar-refractivity contribution >= 4 is 17.6 Å². The van der Waals surface area contributed by atoms with E-state index in [0.717, 1.165) is 55.3 Å². The van der Waals surface area contributed by atoms with Crippen LogP contribution in [-0.2, 0) is 0 Å². The van der Waals surface area contributed by atoms with Crippen LogP contribution >= 0.6 is 11.8 Å². The van der Waals surface area contributed by atoms with Crippen molar-refractivity contribution in [3.63, 3.8) is 0 Å². The van der Waals surface area contributed by atoms with Crippen LogP contribution in [-0.4, -0.2) is 31.4 Å². The SMILES string of the molecule is CC(C)=CCC/C(C)=C/CC/C(C)=C/CC/C(C)=C/CSCC(Nc1cnc[nH]1)c1ncc[nH]1. The summed E-state index contributed by atoms with van der Waals surface area (Å²) in [6, 6.07) is 0.115. The molecule has 0 fully saturated rings. The number of nitrogens with zero attached hydrogens (tertiary/aromatic N) is 2. The van der Waals surface area contributed by atoms with Gasteiger partial charge in [0.1, 0.15) is 11.6 Å². The predicted octanol–water partition coefficient (Wildman–Crippen LogP) is 8.16. The molecule has 3 N–H and O–H groups in total. The molecule has 0 amide bonds. The highest BCUT2D eigenvalue weighted by molar-refractivity contribution is 7.99. The molecule has 2 rings (SSSR count). The van der Waals surface area contributed by atoms with E-state index in [0.29, 0.717) is 0 Å². The van der Waals surface area contributed by atoms with Crippen LogP contribution in [0.25, 0.3) is 0 Å². The standard InChI is InChI=1S/C28H43N5S/c1-22(2)9-6-10-23(3)11-7-12-24(4)13-8-14-25(5)15-18-34-20-26(28-30-16-17-31-28)33-27-19-29-21-32-27/h9,11,13,15-17,19,21,26,33H,6-8,10,12,14,18,20H2,1-5H3,(H,29,32)(H,30,31)/b23-11+,24-13+,25-15+. The number of rotatable bonds is 16. The summed E-state index contributed by atoms with van der Waals surface area (Å²) in [4.78, 5) is 14.8. The molecule has 2 aromatic heterocycles. The second-order valence-corrected chi connectivity index (χ2v) is 10.3. The first-order valence-corrected chi connectivity index (χ1v) is 13.5. The van der Waals surface area contributed by atoms with Crippen molar-refractivity contribution in [3.8, 4) is 0 Å². The fourth-order valence-corrected chi connectivity index (χ4v) is 4.57. The molecule has 2 aromatic rings. The molecule has 0 radical (unpaired) electrons. The van der Waals surface area contributed by atoms with Gasteiger partial charge in [-0.05, 0) is 73.1 Å². The van der Waals surface area contributed by atoms with E-state index < -0.39 is 0 Å². The minimum atomic E-state index is 0.115. The second kappa shape index (κ2) is 16.2. The fourth-order valence-electron chi connectivity index (χ4n) is 3.55. The Morgan fingerprint density at radius 1 is 0.912 bits per heavy atom. The van der Waals surface area contributed by atoms with E-state index in [1.54, 1.807) is 18.7 Å². The van der Waals surface area contributed by atoms with E-state index in [4.69, 9.17) is 0 Å². The minimum absolute atomic E-state index is 0.115. The zero-order valence-electron chi connectivity index (χ0n) is 21.7. The summed E-state index contributed by atoms with van der Waals surface area (Å²) < 4.78 is 0. The summed E-state index contributed by atoms with van der Waals surface area (Å²) >= 11 is 1.91. The molecule has 2 heterocycles. The lowest BCUT2D eigenvalue weighted by Crippen LogP contribution is -2.15. The summed E-state index contributed by atoms with van der Waals surface area (Å²) in [6.07, 6.45) is 23.6. The number of aromatic nitrogens is 4. The quantitative estimate of drug-likeness (QED) is 0.167. The average Bonchev–Trinajstić information content (AvgIpc) is 3.50. The van der Waals surface area contributed by atoms with Gasteiger partial charge in [-0.2, -0.15) is 11.8 Å². The number of thioether (sulfide) groups is 1. The lowest BCUT2D eigenvalue weighted by molar-refractivity contribution is 0.816. The molecular formula is C28H43N5S. The van der Waals surface area contributed by atoms with Gasteiger partial charge in [0, 0.05) is 23.9 Å². The van der Waals surface area contributed by atoms with Crippen LogP contribution in [0.3, 0.4) is 0 Å². The van der Waals surface area contributed by atoms with E-state index >= 15 is 0 Å². The summed E-state index contributed by atoms with van der Waals surface area (Å²) in [6.45, 7) is 11.1. The number of aromatic amines is 2. The maximum absolute atomic E-state index is 4.42. The van der Waals surface area contributed by atoms with Crippen molar-refractivity contribution in [1.82, 2.24) is 19.9 Å². The number of hydrogen-bond donors (Lipinski definition) is 3. The highest BCUT2D eigenvalue weighted by Gasteiger charge is 2.14. The number of hydrogen-bond acceptors (Lipinski definition) is 4. The minimum Gasteiger partial charge on any atom is -0.360 e. The maximum atomic E-state index is 4.42. The van der Waals surface area contributed by atoms with E-state index in [2.05, 4.69) is 84.2 Å². The zero-order chi connectivity index (χ0) is 24.6. The number of anilines is 1. The average molecular weight is 482 g/mol. The monoisotopic (exact) mass is 481 g/mol. The van der Waals surface area contributed by atoms with Crippen molar-refractivity contribution in [2.75, 3.05) is 16.8 Å². The normalized spacial score (nSPS) is 13.7. The van der Waals surface area contributed by atoms with Crippen LogP contribution in [0.1, 0.15) is 85.0 Å². The first kappa shape index (κ1) is 27.8. The van der Waals surface area contributed by atoms with Gasteiger partial charge in [-0.3, -0.25) is 0 Å². The van der Waals surface area contributed by atoms with Crippen LogP contribution in [0.15, 0.2) is 71.5 Å². The highest BCUT2D eigenvalue weighted by Crippen LogP contribution is 2.21. The third kappa shape index (κ3) is 12.1. The van der Waals surface area contributed by atoms with Gasteiger partial charge in [0.15, 0.2) is 0 Å². The summed E-state index contributed by atoms with van der Waals surface area (Å²) in [5, 5.41) is 3.47. The Balaban J connectivity index is 1.65. The van der Waals surface area contributed by atoms with Crippen molar-refractivity contribution in [3.05, 3.63) is 77.3 Å². The van der Waals surface area contributed by atoms with Crippen LogP contribution in [0.2, 0.25) is 0 Å². The Morgan fingerprint density at radius 2 is 1.56 bits per heavy atom. The van der Waals surface area contributed by atoms with Gasteiger partial charge < -0.3 is 15.3 Å². The van der Waals surface area contributed by atoms with E-state index in [1.165, 1.54) is 28.7 Å². The predicted molar refractivity (Wildman–Crippen MR) is 149 cm³/mol. The van der Waals surface area contributed by atoms with E-state index in [-0.39, 0.29) is 6.04 Å². The van der Waals surface area contributed by atoms with Crippen molar-refractivity contribution in [2.24, 2.45) is 0 Å². The number of H-pyrrole nitrogens is 2. The third-order valence-corrected chi connectivity index (χ3v) is 6.64.